The van der Waals surface area contributed by atoms with Crippen LogP contribution in [0.3, 0.4) is 0 Å². The number of benzene rings is 2. The number of nitrogens with zero attached hydrogens (tertiary/aromatic N) is 1. The minimum absolute atomic E-state index is 0.105. The zero-order chi connectivity index (χ0) is 18.4. The summed E-state index contributed by atoms with van der Waals surface area (Å²) in [6, 6.07) is 11.6. The van der Waals surface area contributed by atoms with E-state index in [1.165, 1.54) is 12.1 Å². The van der Waals surface area contributed by atoms with E-state index < -0.39 is 11.6 Å². The van der Waals surface area contributed by atoms with Crippen molar-refractivity contribution >= 4 is 11.6 Å². The average Bonchev–Trinajstić information content (AvgIpc) is 2.60. The molecule has 0 aliphatic rings. The summed E-state index contributed by atoms with van der Waals surface area (Å²) in [6.45, 7) is 2.52. The molecule has 0 saturated heterocycles. The van der Waals surface area contributed by atoms with Crippen LogP contribution in [0.15, 0.2) is 42.5 Å². The lowest BCUT2D eigenvalue weighted by atomic mass is 10.1. The van der Waals surface area contributed by atoms with Crippen molar-refractivity contribution in [1.82, 2.24) is 5.32 Å². The molecule has 3 N–H and O–H groups in total. The van der Waals surface area contributed by atoms with Crippen molar-refractivity contribution in [1.29, 1.82) is 0 Å². The second-order valence-electron chi connectivity index (χ2n) is 6.24. The summed E-state index contributed by atoms with van der Waals surface area (Å²) in [5.74, 6) is -1.84. The molecule has 2 aromatic rings. The molecular weight excluding hydrogens is 324 g/mol. The van der Waals surface area contributed by atoms with Crippen LogP contribution in [-0.2, 0) is 11.3 Å². The standard InChI is InChI=1S/C19H23F2N3O/c1-13(15-6-9-17(20)18(21)10-15)22-12-19(25)23-11-14-4-7-16(8-5-14)24(2)3/h4-10,13,22H,11-12H2,1-3H3,(H,23,25)/p+1/t13-/m0/s1. The van der Waals surface area contributed by atoms with Crippen LogP contribution in [0.1, 0.15) is 24.1 Å². The van der Waals surface area contributed by atoms with Gasteiger partial charge < -0.3 is 15.5 Å². The largest absolute Gasteiger partial charge is 0.378 e. The van der Waals surface area contributed by atoms with Gasteiger partial charge in [-0.05, 0) is 42.8 Å². The number of hydrogen-bond acceptors (Lipinski definition) is 2. The number of hydrogen-bond donors (Lipinski definition) is 2. The molecule has 0 heterocycles. The fraction of sp³-hybridized carbons (Fsp3) is 0.316. The maximum atomic E-state index is 13.3. The van der Waals surface area contributed by atoms with Crippen molar-refractivity contribution in [3.63, 3.8) is 0 Å². The van der Waals surface area contributed by atoms with Crippen LogP contribution in [0, 0.1) is 11.6 Å². The molecule has 134 valence electrons. The third-order valence-electron chi connectivity index (χ3n) is 4.07. The Labute approximate surface area is 146 Å². The second-order valence-corrected chi connectivity index (χ2v) is 6.24. The smallest absolute Gasteiger partial charge is 0.275 e. The maximum absolute atomic E-state index is 13.3. The van der Waals surface area contributed by atoms with Crippen LogP contribution in [0.5, 0.6) is 0 Å². The number of quaternary nitrogens is 1. The molecule has 1 amide bonds. The molecule has 0 aliphatic heterocycles. The van der Waals surface area contributed by atoms with Gasteiger partial charge in [0.1, 0.15) is 6.04 Å². The normalized spacial score (nSPS) is 11.9. The summed E-state index contributed by atoms with van der Waals surface area (Å²) in [7, 11) is 3.95. The Kier molecular flexibility index (Phi) is 6.47. The fourth-order valence-electron chi connectivity index (χ4n) is 2.40. The Morgan fingerprint density at radius 2 is 1.80 bits per heavy atom. The lowest BCUT2D eigenvalue weighted by Gasteiger charge is -2.13. The summed E-state index contributed by atoms with van der Waals surface area (Å²) in [6.07, 6.45) is 0. The predicted molar refractivity (Wildman–Crippen MR) is 94.2 cm³/mol. The molecule has 2 rings (SSSR count). The van der Waals surface area contributed by atoms with Crippen LogP contribution >= 0.6 is 0 Å². The molecule has 2 aromatic carbocycles. The SMILES string of the molecule is C[C@H]([NH2+]CC(=O)NCc1ccc(N(C)C)cc1)c1ccc(F)c(F)c1. The van der Waals surface area contributed by atoms with Gasteiger partial charge in [-0.3, -0.25) is 4.79 Å². The maximum Gasteiger partial charge on any atom is 0.275 e. The van der Waals surface area contributed by atoms with E-state index in [0.717, 1.165) is 17.3 Å². The van der Waals surface area contributed by atoms with Gasteiger partial charge in [0.05, 0.1) is 0 Å². The molecule has 0 radical (unpaired) electrons. The molecule has 25 heavy (non-hydrogen) atoms. The van der Waals surface area contributed by atoms with E-state index in [4.69, 9.17) is 0 Å². The Hall–Kier alpha value is -2.47. The van der Waals surface area contributed by atoms with Crippen LogP contribution < -0.4 is 15.5 Å². The van der Waals surface area contributed by atoms with Crippen molar-refractivity contribution < 1.29 is 18.9 Å². The van der Waals surface area contributed by atoms with Crippen LogP contribution in [0.2, 0.25) is 0 Å². The molecule has 4 nitrogen and oxygen atoms in total. The summed E-state index contributed by atoms with van der Waals surface area (Å²) < 4.78 is 26.2. The van der Waals surface area contributed by atoms with Gasteiger partial charge in [-0.2, -0.15) is 0 Å². The number of anilines is 1. The van der Waals surface area contributed by atoms with Crippen molar-refractivity contribution in [2.45, 2.75) is 19.5 Å². The molecule has 0 bridgehead atoms. The first kappa shape index (κ1) is 18.9. The molecular formula is C19H24F2N3O+. The van der Waals surface area contributed by atoms with E-state index in [0.29, 0.717) is 12.1 Å². The summed E-state index contributed by atoms with van der Waals surface area (Å²) in [5, 5.41) is 4.65. The number of nitrogens with two attached hydrogens (primary N) is 1. The predicted octanol–water partition coefficient (Wildman–Crippen LogP) is 1.97. The molecule has 0 aliphatic carbocycles. The number of carbonyl (C=O) groups is 1. The van der Waals surface area contributed by atoms with E-state index in [9.17, 15) is 13.6 Å². The highest BCUT2D eigenvalue weighted by Crippen LogP contribution is 2.13. The summed E-state index contributed by atoms with van der Waals surface area (Å²) >= 11 is 0. The van der Waals surface area contributed by atoms with Crippen molar-refractivity contribution in [3.05, 3.63) is 65.2 Å². The molecule has 1 atom stereocenters. The van der Waals surface area contributed by atoms with Crippen molar-refractivity contribution in [2.75, 3.05) is 25.5 Å². The number of rotatable bonds is 7. The average molecular weight is 348 g/mol. The number of carbonyl (C=O) groups excluding carboxylic acids is 1. The number of amides is 1. The fourth-order valence-corrected chi connectivity index (χ4v) is 2.40. The van der Waals surface area contributed by atoms with Crippen molar-refractivity contribution in [3.8, 4) is 0 Å². The molecule has 0 saturated carbocycles. The molecule has 0 aromatic heterocycles. The van der Waals surface area contributed by atoms with Gasteiger partial charge in [-0.1, -0.05) is 12.1 Å². The highest BCUT2D eigenvalue weighted by molar-refractivity contribution is 5.76. The highest BCUT2D eigenvalue weighted by atomic mass is 19.2. The van der Waals surface area contributed by atoms with Gasteiger partial charge in [-0.25, -0.2) is 8.78 Å². The first-order valence-corrected chi connectivity index (χ1v) is 8.18. The van der Waals surface area contributed by atoms with Crippen LogP contribution in [0.4, 0.5) is 14.5 Å². The zero-order valence-electron chi connectivity index (χ0n) is 14.7. The van der Waals surface area contributed by atoms with Gasteiger partial charge in [0.15, 0.2) is 18.2 Å². The molecule has 0 unspecified atom stereocenters. The van der Waals surface area contributed by atoms with E-state index in [1.54, 1.807) is 5.32 Å². The monoisotopic (exact) mass is 348 g/mol. The minimum Gasteiger partial charge on any atom is -0.378 e. The number of halogens is 2. The summed E-state index contributed by atoms with van der Waals surface area (Å²) in [4.78, 5) is 14.0. The Bertz CT molecular complexity index is 717. The Morgan fingerprint density at radius 1 is 1.12 bits per heavy atom. The Balaban J connectivity index is 1.79. The first-order chi connectivity index (χ1) is 11.9. The molecule has 0 fully saturated rings. The summed E-state index contributed by atoms with van der Waals surface area (Å²) in [5.41, 5.74) is 2.77. The van der Waals surface area contributed by atoms with Crippen LogP contribution in [0.25, 0.3) is 0 Å². The lowest BCUT2D eigenvalue weighted by Crippen LogP contribution is -2.87. The minimum atomic E-state index is -0.872. The second kappa shape index (κ2) is 8.58. The quantitative estimate of drug-likeness (QED) is 0.804. The topological polar surface area (TPSA) is 49.0 Å². The van der Waals surface area contributed by atoms with Crippen molar-refractivity contribution in [2.24, 2.45) is 0 Å². The van der Waals surface area contributed by atoms with E-state index in [1.807, 2.05) is 50.2 Å². The highest BCUT2D eigenvalue weighted by Gasteiger charge is 2.13. The van der Waals surface area contributed by atoms with Gasteiger partial charge in [0.2, 0.25) is 0 Å². The third-order valence-corrected chi connectivity index (χ3v) is 4.07. The molecule has 0 spiro atoms. The van der Waals surface area contributed by atoms with Gasteiger partial charge in [0.25, 0.3) is 5.91 Å². The van der Waals surface area contributed by atoms with E-state index >= 15 is 0 Å². The van der Waals surface area contributed by atoms with E-state index in [2.05, 4.69) is 5.32 Å². The van der Waals surface area contributed by atoms with E-state index in [-0.39, 0.29) is 18.5 Å². The Morgan fingerprint density at radius 3 is 2.40 bits per heavy atom. The number of nitrogens with one attached hydrogen (secondary N) is 1. The lowest BCUT2D eigenvalue weighted by molar-refractivity contribution is -0.682. The third kappa shape index (κ3) is 5.53. The van der Waals surface area contributed by atoms with Crippen LogP contribution in [-0.4, -0.2) is 26.5 Å². The molecule has 6 heteroatoms. The first-order valence-electron chi connectivity index (χ1n) is 8.18. The van der Waals surface area contributed by atoms with Gasteiger partial charge >= 0.3 is 0 Å². The van der Waals surface area contributed by atoms with Gasteiger partial charge in [0, 0.05) is 31.9 Å². The zero-order valence-corrected chi connectivity index (χ0v) is 14.7. The van der Waals surface area contributed by atoms with Gasteiger partial charge in [-0.15, -0.1) is 0 Å².